The Hall–Kier alpha value is -8.97. The predicted molar refractivity (Wildman–Crippen MR) is 316 cm³/mol. The average molecular weight is 1070 g/mol. The van der Waals surface area contributed by atoms with Crippen LogP contribution in [0.2, 0.25) is 0 Å². The Kier molecular flexibility index (Phi) is 21.8. The summed E-state index contributed by atoms with van der Waals surface area (Å²) < 4.78 is 12.2. The van der Waals surface area contributed by atoms with Crippen molar-refractivity contribution in [2.24, 2.45) is 10.8 Å². The molecule has 3 aromatic heterocycles. The van der Waals surface area contributed by atoms with Crippen molar-refractivity contribution >= 4 is 23.7 Å². The number of carboxylic acids is 1. The molecule has 13 nitrogen and oxygen atoms in total. The Balaban J connectivity index is 0.000000236. The first-order valence-electron chi connectivity index (χ1n) is 27.3. The maximum Gasteiger partial charge on any atom is 0.305 e. The highest BCUT2D eigenvalue weighted by atomic mass is 16.5. The maximum absolute atomic E-state index is 12.9. The minimum absolute atomic E-state index is 0.0101. The summed E-state index contributed by atoms with van der Waals surface area (Å²) in [6.45, 7) is 10.5. The summed E-state index contributed by atoms with van der Waals surface area (Å²) in [5.74, 6) is -1.06. The molecule has 1 unspecified atom stereocenters. The van der Waals surface area contributed by atoms with Gasteiger partial charge >= 0.3 is 5.97 Å². The molecule has 0 spiro atoms. The van der Waals surface area contributed by atoms with Crippen molar-refractivity contribution in [3.63, 3.8) is 0 Å². The van der Waals surface area contributed by atoms with Crippen LogP contribution >= 0.6 is 0 Å². The fourth-order valence-electron chi connectivity index (χ4n) is 8.79. The zero-order valence-electron chi connectivity index (χ0n) is 46.1. The number of amides is 3. The number of benzene rings is 5. The van der Waals surface area contributed by atoms with Crippen LogP contribution in [0.15, 0.2) is 200 Å². The summed E-state index contributed by atoms with van der Waals surface area (Å²) in [7, 11) is 0. The molecule has 80 heavy (non-hydrogen) atoms. The Morgan fingerprint density at radius 1 is 0.487 bits per heavy atom. The molecule has 1 atom stereocenters. The molecule has 0 aliphatic carbocycles. The average Bonchev–Trinajstić information content (AvgIpc) is 3.49. The fraction of sp³-hybridized carbons (Fsp3) is 0.269. The molecular weight excluding hydrogens is 1000 g/mol. The van der Waals surface area contributed by atoms with Crippen LogP contribution in [0.5, 0.6) is 11.8 Å². The zero-order valence-corrected chi connectivity index (χ0v) is 46.1. The van der Waals surface area contributed by atoms with Crippen molar-refractivity contribution in [2.75, 3.05) is 26.3 Å². The van der Waals surface area contributed by atoms with E-state index in [1.54, 1.807) is 54.9 Å². The SMILES string of the molecule is CC(C)(CCCCOc1cc(-c2ccccc2)cc(-c2ccccc2)n1)CNC(=O)C(CC(=O)O)NC(=O)c1ccccc1.CC(C)(CCCCOc1cc(-c2ccccc2)cc(-c2ccccc2)n1)CNC(=O)c1cccnc1. The van der Waals surface area contributed by atoms with Gasteiger partial charge in [0.05, 0.1) is 36.6 Å². The second-order valence-electron chi connectivity index (χ2n) is 21.2. The van der Waals surface area contributed by atoms with Crippen LogP contribution in [0.1, 0.15) is 93.4 Å². The molecule has 0 saturated carbocycles. The van der Waals surface area contributed by atoms with Gasteiger partial charge in [-0.15, -0.1) is 0 Å². The lowest BCUT2D eigenvalue weighted by atomic mass is 9.87. The molecule has 3 heterocycles. The number of carboxylic acid groups (broad SMARTS) is 1. The second-order valence-corrected chi connectivity index (χ2v) is 21.2. The number of unbranched alkanes of at least 4 members (excludes halogenated alkanes) is 2. The lowest BCUT2D eigenvalue weighted by Gasteiger charge is -2.26. The molecule has 0 aliphatic heterocycles. The molecule has 412 valence electrons. The highest BCUT2D eigenvalue weighted by Gasteiger charge is 2.27. The monoisotopic (exact) mass is 1070 g/mol. The molecule has 0 radical (unpaired) electrons. The Morgan fingerprint density at radius 2 is 0.912 bits per heavy atom. The topological polar surface area (TPSA) is 182 Å². The van der Waals surface area contributed by atoms with Crippen molar-refractivity contribution in [1.82, 2.24) is 30.9 Å². The van der Waals surface area contributed by atoms with E-state index in [2.05, 4.69) is 83.3 Å². The largest absolute Gasteiger partial charge is 0.481 e. The highest BCUT2D eigenvalue weighted by molar-refractivity contribution is 5.98. The molecule has 3 amide bonds. The number of nitrogens with one attached hydrogen (secondary N) is 3. The van der Waals surface area contributed by atoms with E-state index in [1.807, 2.05) is 111 Å². The Morgan fingerprint density at radius 3 is 1.35 bits per heavy atom. The fourth-order valence-corrected chi connectivity index (χ4v) is 8.79. The number of pyridine rings is 3. The number of hydrogen-bond donors (Lipinski definition) is 4. The number of hydrogen-bond acceptors (Lipinski definition) is 9. The van der Waals surface area contributed by atoms with Crippen molar-refractivity contribution in [2.45, 2.75) is 78.7 Å². The van der Waals surface area contributed by atoms with Gasteiger partial charge in [0.15, 0.2) is 0 Å². The van der Waals surface area contributed by atoms with E-state index in [9.17, 15) is 24.3 Å². The quantitative estimate of drug-likeness (QED) is 0.0381. The summed E-state index contributed by atoms with van der Waals surface area (Å²) in [6.07, 6.45) is 8.10. The number of aliphatic carboxylic acids is 1. The first-order valence-corrected chi connectivity index (χ1v) is 27.3. The van der Waals surface area contributed by atoms with Gasteiger partial charge in [-0.05, 0) is 108 Å². The minimum atomic E-state index is -1.18. The molecular formula is C67H72N6O7. The van der Waals surface area contributed by atoms with Gasteiger partial charge < -0.3 is 30.5 Å². The summed E-state index contributed by atoms with van der Waals surface area (Å²) >= 11 is 0. The Bertz CT molecular complexity index is 3090. The molecule has 0 fully saturated rings. The van der Waals surface area contributed by atoms with Gasteiger partial charge in [-0.2, -0.15) is 0 Å². The van der Waals surface area contributed by atoms with Crippen LogP contribution in [0.3, 0.4) is 0 Å². The van der Waals surface area contributed by atoms with Crippen molar-refractivity contribution in [3.05, 3.63) is 212 Å². The standard InChI is InChI=1S/C36H39N3O5.C31H33N3O2/c1-36(2,25-37-35(43)31(24-33(40)41)39-34(42)28-18-10-5-11-19-28)20-12-13-21-44-32-23-29(26-14-6-3-7-15-26)22-30(38-32)27-16-8-4-9-17-27;1-31(2,23-33-30(35)26-16-11-18-32-22-26)17-9-10-19-36-29-21-27(24-12-5-3-6-13-24)20-28(34-29)25-14-7-4-8-15-25/h3-11,14-19,22-23,31H,12-13,20-21,24-25H2,1-2H3,(H,37,43)(H,39,42)(H,40,41);3-8,11-16,18,20-22H,9-10,17,19,23H2,1-2H3,(H,33,35). The summed E-state index contributed by atoms with van der Waals surface area (Å²) in [4.78, 5) is 62.6. The van der Waals surface area contributed by atoms with E-state index < -0.39 is 30.2 Å². The Labute approximate surface area is 470 Å². The van der Waals surface area contributed by atoms with Gasteiger partial charge in [0.2, 0.25) is 17.7 Å². The third-order valence-corrected chi connectivity index (χ3v) is 13.4. The minimum Gasteiger partial charge on any atom is -0.481 e. The number of rotatable bonds is 26. The van der Waals surface area contributed by atoms with E-state index in [-0.39, 0.29) is 16.7 Å². The lowest BCUT2D eigenvalue weighted by molar-refractivity contribution is -0.139. The summed E-state index contributed by atoms with van der Waals surface area (Å²) in [5.41, 5.74) is 8.86. The molecule has 4 N–H and O–H groups in total. The normalized spacial score (nSPS) is 11.5. The molecule has 8 rings (SSSR count). The van der Waals surface area contributed by atoms with E-state index in [0.717, 1.165) is 83.3 Å². The van der Waals surface area contributed by atoms with Gasteiger partial charge in [-0.1, -0.05) is 167 Å². The molecule has 13 heteroatoms. The second kappa shape index (κ2) is 29.7. The van der Waals surface area contributed by atoms with E-state index in [4.69, 9.17) is 19.4 Å². The van der Waals surface area contributed by atoms with Crippen LogP contribution in [0, 0.1) is 10.8 Å². The first-order chi connectivity index (χ1) is 38.7. The number of ether oxygens (including phenoxy) is 2. The van der Waals surface area contributed by atoms with Gasteiger partial charge in [0.25, 0.3) is 11.8 Å². The van der Waals surface area contributed by atoms with Crippen LogP contribution < -0.4 is 25.4 Å². The van der Waals surface area contributed by atoms with Crippen molar-refractivity contribution in [1.29, 1.82) is 0 Å². The molecule has 5 aromatic carbocycles. The zero-order chi connectivity index (χ0) is 56.6. The van der Waals surface area contributed by atoms with Crippen molar-refractivity contribution < 1.29 is 33.8 Å². The third kappa shape index (κ3) is 19.2. The summed E-state index contributed by atoms with van der Waals surface area (Å²) in [5, 5.41) is 17.7. The molecule has 0 aliphatic rings. The van der Waals surface area contributed by atoms with Crippen LogP contribution in [0.4, 0.5) is 0 Å². The van der Waals surface area contributed by atoms with E-state index in [0.29, 0.717) is 49.2 Å². The van der Waals surface area contributed by atoms with E-state index >= 15 is 0 Å². The third-order valence-electron chi connectivity index (χ3n) is 13.4. The predicted octanol–water partition coefficient (Wildman–Crippen LogP) is 13.2. The van der Waals surface area contributed by atoms with Gasteiger partial charge in [-0.25, -0.2) is 9.97 Å². The van der Waals surface area contributed by atoms with Gasteiger partial charge in [-0.3, -0.25) is 24.2 Å². The molecule has 0 saturated heterocycles. The van der Waals surface area contributed by atoms with Crippen LogP contribution in [0.25, 0.3) is 44.8 Å². The highest BCUT2D eigenvalue weighted by Crippen LogP contribution is 2.31. The lowest BCUT2D eigenvalue weighted by Crippen LogP contribution is -2.49. The van der Waals surface area contributed by atoms with E-state index in [1.165, 1.54) is 0 Å². The smallest absolute Gasteiger partial charge is 0.305 e. The molecule has 0 bridgehead atoms. The molecule has 8 aromatic rings. The van der Waals surface area contributed by atoms with Crippen LogP contribution in [-0.2, 0) is 9.59 Å². The van der Waals surface area contributed by atoms with Gasteiger partial charge in [0.1, 0.15) is 6.04 Å². The first kappa shape index (κ1) is 58.7. The maximum atomic E-state index is 12.9. The number of aromatic nitrogens is 3. The summed E-state index contributed by atoms with van der Waals surface area (Å²) in [6, 6.07) is 59.6. The number of carbonyl (C=O) groups is 4. The van der Waals surface area contributed by atoms with Crippen molar-refractivity contribution in [3.8, 4) is 56.5 Å². The van der Waals surface area contributed by atoms with Gasteiger partial charge in [0, 0.05) is 54.3 Å². The number of carbonyl (C=O) groups excluding carboxylic acids is 3. The van der Waals surface area contributed by atoms with Crippen LogP contribution in [-0.4, -0.2) is 76.1 Å². The number of nitrogens with zero attached hydrogens (tertiary/aromatic N) is 3.